The highest BCUT2D eigenvalue weighted by molar-refractivity contribution is 6.35. The molecule has 0 spiro atoms. The van der Waals surface area contributed by atoms with Crippen molar-refractivity contribution in [2.24, 2.45) is 0 Å². The van der Waals surface area contributed by atoms with Gasteiger partial charge in [-0.1, -0.05) is 47.5 Å². The summed E-state index contributed by atoms with van der Waals surface area (Å²) < 4.78 is 2.19. The lowest BCUT2D eigenvalue weighted by Gasteiger charge is -2.08. The Morgan fingerprint density at radius 1 is 0.938 bits per heavy atom. The highest BCUT2D eigenvalue weighted by Gasteiger charge is 2.12. The number of rotatable bonds is 6. The zero-order valence-electron chi connectivity index (χ0n) is 16.9. The number of carboxylic acid groups (broad SMARTS) is 1. The summed E-state index contributed by atoms with van der Waals surface area (Å²) in [5.41, 5.74) is 4.75. The predicted molar refractivity (Wildman–Crippen MR) is 126 cm³/mol. The number of nitrogens with zero attached hydrogens (tertiary/aromatic N) is 4. The summed E-state index contributed by atoms with van der Waals surface area (Å²) in [6.45, 7) is 1.21. The van der Waals surface area contributed by atoms with Crippen LogP contribution in [0.5, 0.6) is 0 Å². The summed E-state index contributed by atoms with van der Waals surface area (Å²) >= 11 is 12.4. The molecule has 0 aliphatic carbocycles. The van der Waals surface area contributed by atoms with Crippen LogP contribution in [-0.2, 0) is 19.5 Å². The number of halogens is 2. The van der Waals surface area contributed by atoms with Gasteiger partial charge in [-0.2, -0.15) is 15.0 Å². The molecule has 5 rings (SSSR count). The van der Waals surface area contributed by atoms with Crippen LogP contribution in [0.4, 0.5) is 0 Å². The van der Waals surface area contributed by atoms with Crippen molar-refractivity contribution >= 4 is 51.1 Å². The first-order chi connectivity index (χ1) is 15.5. The molecule has 0 bridgehead atoms. The Morgan fingerprint density at radius 3 is 2.56 bits per heavy atom. The van der Waals surface area contributed by atoms with Gasteiger partial charge in [-0.25, -0.2) is 4.79 Å². The lowest BCUT2D eigenvalue weighted by molar-refractivity contribution is 0.0697. The molecule has 2 aromatic heterocycles. The van der Waals surface area contributed by atoms with Crippen LogP contribution in [0, 0.1) is 0 Å². The van der Waals surface area contributed by atoms with Gasteiger partial charge in [0.15, 0.2) is 0 Å². The Kier molecular flexibility index (Phi) is 5.33. The zero-order valence-corrected chi connectivity index (χ0v) is 18.4. The van der Waals surface area contributed by atoms with Crippen LogP contribution in [-0.4, -0.2) is 30.6 Å². The molecule has 0 radical (unpaired) electrons. The third-order valence-electron chi connectivity index (χ3n) is 5.48. The smallest absolute Gasteiger partial charge is 0.335 e. The van der Waals surface area contributed by atoms with Crippen molar-refractivity contribution < 1.29 is 9.90 Å². The Balaban J connectivity index is 1.42. The number of carbonyl (C=O) groups is 1. The van der Waals surface area contributed by atoms with E-state index in [0.717, 1.165) is 17.5 Å². The quantitative estimate of drug-likeness (QED) is 0.350. The summed E-state index contributed by atoms with van der Waals surface area (Å²) in [4.78, 5) is 12.8. The maximum absolute atomic E-state index is 11.2. The second kappa shape index (κ2) is 8.30. The first-order valence-corrected chi connectivity index (χ1v) is 10.8. The van der Waals surface area contributed by atoms with E-state index in [2.05, 4.69) is 33.1 Å². The summed E-state index contributed by atoms with van der Waals surface area (Å²) in [5, 5.41) is 20.5. The van der Waals surface area contributed by atoms with E-state index in [0.29, 0.717) is 34.2 Å². The Morgan fingerprint density at radius 2 is 1.75 bits per heavy atom. The van der Waals surface area contributed by atoms with E-state index in [4.69, 9.17) is 23.2 Å². The van der Waals surface area contributed by atoms with Crippen LogP contribution in [0.3, 0.4) is 0 Å². The molecule has 0 saturated carbocycles. The maximum atomic E-state index is 11.2. The highest BCUT2D eigenvalue weighted by atomic mass is 35.5. The van der Waals surface area contributed by atoms with E-state index < -0.39 is 5.97 Å². The number of fused-ring (bicyclic) bond motifs is 2. The second-order valence-corrected chi connectivity index (χ2v) is 8.43. The van der Waals surface area contributed by atoms with Gasteiger partial charge in [0.25, 0.3) is 0 Å². The molecular weight excluding hydrogens is 447 g/mol. The van der Waals surface area contributed by atoms with E-state index in [1.807, 2.05) is 24.3 Å². The van der Waals surface area contributed by atoms with Gasteiger partial charge in [0.1, 0.15) is 11.0 Å². The van der Waals surface area contributed by atoms with Gasteiger partial charge in [0.2, 0.25) is 0 Å². The standard InChI is InChI=1S/C24H18Cl2N4O2/c25-18-7-5-17(20(26)12-18)14-29-13-16(19-3-1-2-4-23(19)29)9-10-30-27-21-8-6-15(24(31)32)11-22(21)28-30/h1-8,11-13H,9-10,14H2,(H,31,32). The summed E-state index contributed by atoms with van der Waals surface area (Å²) in [7, 11) is 0. The molecule has 0 saturated heterocycles. The van der Waals surface area contributed by atoms with Gasteiger partial charge < -0.3 is 9.67 Å². The molecule has 0 atom stereocenters. The number of hydrogen-bond acceptors (Lipinski definition) is 3. The minimum atomic E-state index is -0.977. The largest absolute Gasteiger partial charge is 0.478 e. The van der Waals surface area contributed by atoms with Crippen LogP contribution >= 0.6 is 23.2 Å². The molecule has 160 valence electrons. The van der Waals surface area contributed by atoms with Gasteiger partial charge in [0, 0.05) is 33.7 Å². The maximum Gasteiger partial charge on any atom is 0.335 e. The molecular formula is C24H18Cl2N4O2. The van der Waals surface area contributed by atoms with E-state index in [-0.39, 0.29) is 5.56 Å². The monoisotopic (exact) mass is 464 g/mol. The first kappa shape index (κ1) is 20.5. The van der Waals surface area contributed by atoms with Crippen LogP contribution < -0.4 is 0 Å². The second-order valence-electron chi connectivity index (χ2n) is 7.59. The lowest BCUT2D eigenvalue weighted by atomic mass is 10.1. The Hall–Kier alpha value is -3.35. The predicted octanol–water partition coefficient (Wildman–Crippen LogP) is 5.68. The van der Waals surface area contributed by atoms with Crippen molar-refractivity contribution in [2.75, 3.05) is 0 Å². The number of benzene rings is 3. The number of para-hydroxylation sites is 1. The van der Waals surface area contributed by atoms with Crippen LogP contribution in [0.15, 0.2) is 66.9 Å². The number of hydrogen-bond donors (Lipinski definition) is 1. The van der Waals surface area contributed by atoms with Crippen molar-refractivity contribution in [3.63, 3.8) is 0 Å². The van der Waals surface area contributed by atoms with E-state index >= 15 is 0 Å². The minimum Gasteiger partial charge on any atom is -0.478 e. The van der Waals surface area contributed by atoms with Gasteiger partial charge >= 0.3 is 5.97 Å². The molecule has 0 aliphatic heterocycles. The molecule has 2 heterocycles. The van der Waals surface area contributed by atoms with Crippen LogP contribution in [0.2, 0.25) is 10.0 Å². The Labute approximate surface area is 193 Å². The molecule has 0 aliphatic rings. The third kappa shape index (κ3) is 3.95. The molecule has 6 nitrogen and oxygen atoms in total. The summed E-state index contributed by atoms with van der Waals surface area (Å²) in [5.74, 6) is -0.977. The molecule has 3 aromatic carbocycles. The molecule has 1 N–H and O–H groups in total. The normalized spacial score (nSPS) is 11.4. The van der Waals surface area contributed by atoms with Crippen LogP contribution in [0.25, 0.3) is 21.9 Å². The molecule has 0 amide bonds. The fourth-order valence-electron chi connectivity index (χ4n) is 3.90. The number of aryl methyl sites for hydroxylation is 2. The van der Waals surface area contributed by atoms with Crippen molar-refractivity contribution in [2.45, 2.75) is 19.5 Å². The van der Waals surface area contributed by atoms with E-state index in [1.165, 1.54) is 10.9 Å². The Bertz CT molecular complexity index is 1470. The fraction of sp³-hybridized carbons (Fsp3) is 0.125. The van der Waals surface area contributed by atoms with Gasteiger partial charge in [-0.05, 0) is 53.9 Å². The fourth-order valence-corrected chi connectivity index (χ4v) is 4.37. The number of carboxylic acids is 1. The number of aromatic nitrogens is 4. The SMILES string of the molecule is O=C(O)c1ccc2nn(CCc3cn(Cc4ccc(Cl)cc4Cl)c4ccccc34)nc2c1. The first-order valence-electron chi connectivity index (χ1n) is 10.1. The van der Waals surface area contributed by atoms with Crippen molar-refractivity contribution in [3.05, 3.63) is 93.6 Å². The van der Waals surface area contributed by atoms with Crippen molar-refractivity contribution in [1.29, 1.82) is 0 Å². The summed E-state index contributed by atoms with van der Waals surface area (Å²) in [6.07, 6.45) is 2.87. The van der Waals surface area contributed by atoms with Crippen molar-refractivity contribution in [1.82, 2.24) is 19.6 Å². The minimum absolute atomic E-state index is 0.202. The molecule has 5 aromatic rings. The molecule has 32 heavy (non-hydrogen) atoms. The van der Waals surface area contributed by atoms with Crippen LogP contribution in [0.1, 0.15) is 21.5 Å². The average Bonchev–Trinajstić information content (AvgIpc) is 3.34. The van der Waals surface area contributed by atoms with Crippen molar-refractivity contribution in [3.8, 4) is 0 Å². The lowest BCUT2D eigenvalue weighted by Crippen LogP contribution is -2.05. The zero-order chi connectivity index (χ0) is 22.2. The molecule has 0 unspecified atom stereocenters. The van der Waals surface area contributed by atoms with Gasteiger partial charge in [-0.3, -0.25) is 0 Å². The van der Waals surface area contributed by atoms with Gasteiger partial charge in [0.05, 0.1) is 12.1 Å². The summed E-state index contributed by atoms with van der Waals surface area (Å²) in [6, 6.07) is 18.6. The van der Waals surface area contributed by atoms with E-state index in [1.54, 1.807) is 29.1 Å². The highest BCUT2D eigenvalue weighted by Crippen LogP contribution is 2.26. The third-order valence-corrected chi connectivity index (χ3v) is 6.06. The average molecular weight is 465 g/mol. The number of aromatic carboxylic acids is 1. The van der Waals surface area contributed by atoms with Gasteiger partial charge in [-0.15, -0.1) is 0 Å². The topological polar surface area (TPSA) is 72.9 Å². The van der Waals surface area contributed by atoms with E-state index in [9.17, 15) is 9.90 Å². The molecule has 0 fully saturated rings. The molecule has 8 heteroatoms.